The Bertz CT molecular complexity index is 666. The number of hydrogen-bond donors (Lipinski definition) is 1. The number of nitrogens with one attached hydrogen (secondary N) is 1. The third kappa shape index (κ3) is 3.84. The normalized spacial score (nSPS) is 18.5. The van der Waals surface area contributed by atoms with Crippen molar-refractivity contribution < 1.29 is 9.53 Å². The van der Waals surface area contributed by atoms with E-state index >= 15 is 0 Å². The lowest BCUT2D eigenvalue weighted by molar-refractivity contribution is 0.201. The van der Waals surface area contributed by atoms with Gasteiger partial charge in [0.1, 0.15) is 11.9 Å². The summed E-state index contributed by atoms with van der Waals surface area (Å²) in [5.74, 6) is 0.512. The van der Waals surface area contributed by atoms with Gasteiger partial charge in [0.2, 0.25) is 0 Å². The van der Waals surface area contributed by atoms with Gasteiger partial charge in [-0.2, -0.15) is 5.43 Å². The van der Waals surface area contributed by atoms with Crippen molar-refractivity contribution in [1.82, 2.24) is 10.4 Å². The molecule has 2 amide bonds. The van der Waals surface area contributed by atoms with Crippen LogP contribution in [0.1, 0.15) is 13.8 Å². The molecule has 1 atom stereocenters. The fourth-order valence-corrected chi connectivity index (χ4v) is 2.98. The number of amides is 2. The number of carbonyl (C=O) groups is 1. The number of nitrogens with zero attached hydrogens (tertiary/aromatic N) is 2. The van der Waals surface area contributed by atoms with Crippen molar-refractivity contribution in [3.05, 3.63) is 23.2 Å². The molecule has 0 bridgehead atoms. The van der Waals surface area contributed by atoms with Gasteiger partial charge in [0.25, 0.3) is 3.92 Å². The summed E-state index contributed by atoms with van der Waals surface area (Å²) in [6.07, 6.45) is -0.646. The van der Waals surface area contributed by atoms with Crippen LogP contribution in [0.15, 0.2) is 18.2 Å². The summed E-state index contributed by atoms with van der Waals surface area (Å²) >= 11 is 29.2. The summed E-state index contributed by atoms with van der Waals surface area (Å²) in [5, 5.41) is 1.26. The lowest BCUT2D eigenvalue weighted by Crippen LogP contribution is -2.48. The zero-order valence-corrected chi connectivity index (χ0v) is 16.9. The molecule has 0 saturated carbocycles. The van der Waals surface area contributed by atoms with Gasteiger partial charge in [0.15, 0.2) is 0 Å². The average molecular weight is 431 g/mol. The van der Waals surface area contributed by atoms with E-state index in [2.05, 4.69) is 5.43 Å². The highest BCUT2D eigenvalue weighted by Crippen LogP contribution is 2.37. The monoisotopic (exact) mass is 429 g/mol. The third-order valence-electron chi connectivity index (χ3n) is 3.41. The summed E-state index contributed by atoms with van der Waals surface area (Å²) < 4.78 is 3.16. The summed E-state index contributed by atoms with van der Waals surface area (Å²) in [5.41, 5.74) is 3.36. The largest absolute Gasteiger partial charge is 0.495 e. The first kappa shape index (κ1) is 19.8. The Kier molecular flexibility index (Phi) is 6.11. The predicted molar refractivity (Wildman–Crippen MR) is 102 cm³/mol. The number of benzene rings is 1. The first-order valence-corrected chi connectivity index (χ1v) is 8.83. The van der Waals surface area contributed by atoms with E-state index in [-0.39, 0.29) is 5.92 Å². The molecular weight excluding hydrogens is 416 g/mol. The number of carbonyl (C=O) groups excluding carboxylic acids is 1. The van der Waals surface area contributed by atoms with E-state index in [1.165, 1.54) is 12.0 Å². The van der Waals surface area contributed by atoms with Crippen LogP contribution in [0, 0.1) is 5.92 Å². The van der Waals surface area contributed by atoms with Gasteiger partial charge in [-0.3, -0.25) is 4.90 Å². The maximum Gasteiger partial charge on any atom is 0.344 e. The summed E-state index contributed by atoms with van der Waals surface area (Å²) in [4.78, 5) is 14.7. The minimum absolute atomic E-state index is 0.0249. The second-order valence-corrected chi connectivity index (χ2v) is 8.46. The van der Waals surface area contributed by atoms with Crippen LogP contribution in [0.5, 0.6) is 5.75 Å². The molecule has 1 unspecified atom stereocenters. The minimum Gasteiger partial charge on any atom is -0.495 e. The van der Waals surface area contributed by atoms with Crippen LogP contribution in [0.4, 0.5) is 10.5 Å². The topological polar surface area (TPSA) is 44.8 Å². The van der Waals surface area contributed by atoms with Crippen molar-refractivity contribution in [1.29, 1.82) is 0 Å². The molecule has 1 aliphatic heterocycles. The first-order chi connectivity index (χ1) is 11.1. The van der Waals surface area contributed by atoms with E-state index in [0.29, 0.717) is 21.3 Å². The fourth-order valence-electron chi connectivity index (χ4n) is 2.21. The molecule has 0 spiro atoms. The molecule has 1 fully saturated rings. The van der Waals surface area contributed by atoms with Gasteiger partial charge in [0, 0.05) is 10.6 Å². The van der Waals surface area contributed by atoms with Crippen molar-refractivity contribution in [2.24, 2.45) is 5.92 Å². The van der Waals surface area contributed by atoms with Crippen LogP contribution in [-0.2, 0) is 0 Å². The van der Waals surface area contributed by atoms with Crippen molar-refractivity contribution in [2.75, 3.05) is 12.0 Å². The molecule has 1 saturated heterocycles. The Morgan fingerprint density at radius 2 is 2.00 bits per heavy atom. The Morgan fingerprint density at radius 1 is 1.38 bits per heavy atom. The van der Waals surface area contributed by atoms with Gasteiger partial charge in [-0.1, -0.05) is 72.5 Å². The summed E-state index contributed by atoms with van der Waals surface area (Å²) in [6, 6.07) is 4.38. The van der Waals surface area contributed by atoms with Crippen LogP contribution >= 0.6 is 58.6 Å². The zero-order valence-electron chi connectivity index (χ0n) is 13.0. The molecule has 1 aliphatic rings. The summed E-state index contributed by atoms with van der Waals surface area (Å²) in [7, 11) is 1.50. The summed E-state index contributed by atoms with van der Waals surface area (Å²) in [6.45, 7) is 3.84. The number of thiocarbonyl (C=S) groups is 1. The number of halogens is 4. The lowest BCUT2D eigenvalue weighted by Gasteiger charge is -2.25. The number of hydrazine groups is 1. The molecule has 1 aromatic rings. The second kappa shape index (κ2) is 7.40. The molecule has 1 aromatic carbocycles. The van der Waals surface area contributed by atoms with E-state index in [9.17, 15) is 4.79 Å². The quantitative estimate of drug-likeness (QED) is 0.424. The number of urea groups is 1. The zero-order chi connectivity index (χ0) is 18.2. The van der Waals surface area contributed by atoms with Gasteiger partial charge >= 0.3 is 6.03 Å². The van der Waals surface area contributed by atoms with Crippen molar-refractivity contribution in [2.45, 2.75) is 23.9 Å². The molecular formula is C14H15Cl4N3O2S. The number of anilines is 1. The highest BCUT2D eigenvalue weighted by molar-refractivity contribution is 7.80. The number of alkyl halides is 3. The smallest absolute Gasteiger partial charge is 0.344 e. The molecule has 1 heterocycles. The minimum atomic E-state index is -1.97. The molecule has 5 nitrogen and oxygen atoms in total. The number of hydrogen-bond acceptors (Lipinski definition) is 4. The SMILES string of the molecule is COc1ccc(N2C(=O)N(C(Cl)(Cl)Cl)NC2C(=S)C(C)C)cc1Cl. The standard InChI is InChI=1S/C14H15Cl4N3O2S/c1-7(2)11(24)12-19-21(14(16,17)18)13(22)20(12)8-4-5-10(23-3)9(15)6-8/h4-7,12,19H,1-3H3. The lowest BCUT2D eigenvalue weighted by atomic mass is 10.1. The van der Waals surface area contributed by atoms with Crippen LogP contribution in [-0.4, -0.2) is 33.1 Å². The Hall–Kier alpha value is -0.500. The molecule has 24 heavy (non-hydrogen) atoms. The Balaban J connectivity index is 2.48. The van der Waals surface area contributed by atoms with Crippen LogP contribution in [0.3, 0.4) is 0 Å². The Morgan fingerprint density at radius 3 is 2.46 bits per heavy atom. The van der Waals surface area contributed by atoms with E-state index in [1.807, 2.05) is 13.8 Å². The number of rotatable bonds is 4. The number of ether oxygens (including phenoxy) is 1. The third-order valence-corrected chi connectivity index (χ3v) is 4.91. The highest BCUT2D eigenvalue weighted by Gasteiger charge is 2.48. The average Bonchev–Trinajstić information content (AvgIpc) is 2.83. The molecule has 10 heteroatoms. The predicted octanol–water partition coefficient (Wildman–Crippen LogP) is 4.77. The molecule has 0 aromatic heterocycles. The van der Waals surface area contributed by atoms with E-state index < -0.39 is 16.1 Å². The second-order valence-electron chi connectivity index (χ2n) is 5.36. The molecule has 1 N–H and O–H groups in total. The van der Waals surface area contributed by atoms with E-state index in [4.69, 9.17) is 63.4 Å². The highest BCUT2D eigenvalue weighted by atomic mass is 35.6. The van der Waals surface area contributed by atoms with Gasteiger partial charge < -0.3 is 4.74 Å². The van der Waals surface area contributed by atoms with Gasteiger partial charge in [-0.05, 0) is 24.1 Å². The van der Waals surface area contributed by atoms with Crippen molar-refractivity contribution in [3.8, 4) is 5.75 Å². The number of methoxy groups -OCH3 is 1. The molecule has 0 aliphatic carbocycles. The maximum absolute atomic E-state index is 12.8. The van der Waals surface area contributed by atoms with Crippen molar-refractivity contribution in [3.63, 3.8) is 0 Å². The van der Waals surface area contributed by atoms with Crippen LogP contribution in [0.25, 0.3) is 0 Å². The maximum atomic E-state index is 12.8. The molecule has 2 rings (SSSR count). The fraction of sp³-hybridized carbons (Fsp3) is 0.429. The van der Waals surface area contributed by atoms with Gasteiger partial charge in [-0.25, -0.2) is 9.80 Å². The first-order valence-electron chi connectivity index (χ1n) is 6.91. The van der Waals surface area contributed by atoms with Crippen molar-refractivity contribution >= 4 is 75.2 Å². The van der Waals surface area contributed by atoms with E-state index in [0.717, 1.165) is 5.01 Å². The van der Waals surface area contributed by atoms with Crippen LogP contribution < -0.4 is 15.1 Å². The molecule has 0 radical (unpaired) electrons. The molecule has 132 valence electrons. The van der Waals surface area contributed by atoms with Gasteiger partial charge in [0.05, 0.1) is 12.1 Å². The Labute approximate surface area is 165 Å². The van der Waals surface area contributed by atoms with Gasteiger partial charge in [-0.15, -0.1) is 0 Å². The van der Waals surface area contributed by atoms with Crippen LogP contribution in [0.2, 0.25) is 5.02 Å². The van der Waals surface area contributed by atoms with E-state index in [1.54, 1.807) is 18.2 Å².